The minimum atomic E-state index is 0.258. The van der Waals surface area contributed by atoms with E-state index in [2.05, 4.69) is 48.5 Å². The Morgan fingerprint density at radius 2 is 2.12 bits per heavy atom. The molecule has 0 saturated heterocycles. The molecule has 2 aromatic rings. The molecular weight excluding hydrogens is 198 g/mol. The Bertz CT molecular complexity index is 491. The number of fused-ring (bicyclic) bond motifs is 1. The van der Waals surface area contributed by atoms with E-state index in [1.54, 1.807) is 0 Å². The molecule has 2 heterocycles. The van der Waals surface area contributed by atoms with Crippen molar-refractivity contribution in [2.75, 3.05) is 0 Å². The fourth-order valence-electron chi connectivity index (χ4n) is 1.83. The quantitative estimate of drug-likeness (QED) is 0.839. The van der Waals surface area contributed by atoms with Gasteiger partial charge < -0.3 is 10.1 Å². The van der Waals surface area contributed by atoms with Crippen LogP contribution in [0.3, 0.4) is 0 Å². The number of hydrogen-bond acceptors (Lipinski definition) is 2. The molecular formula is C13H19N3. The van der Waals surface area contributed by atoms with E-state index >= 15 is 0 Å². The zero-order valence-electron chi connectivity index (χ0n) is 10.2. The van der Waals surface area contributed by atoms with Crippen LogP contribution in [0.5, 0.6) is 0 Å². The molecule has 0 fully saturated rings. The maximum atomic E-state index is 5.62. The van der Waals surface area contributed by atoms with Gasteiger partial charge in [0, 0.05) is 19.2 Å². The van der Waals surface area contributed by atoms with Gasteiger partial charge in [-0.05, 0) is 23.1 Å². The standard InChI is InChI=1S/C13H19N3/c1-13(2,3)7-12-15-9-11-6-10(8-14)4-5-16(11)12/h4-6,9H,7-8,14H2,1-3H3. The topological polar surface area (TPSA) is 43.3 Å². The first-order valence-electron chi connectivity index (χ1n) is 5.64. The van der Waals surface area contributed by atoms with E-state index in [0.717, 1.165) is 23.3 Å². The number of nitrogens with two attached hydrogens (primary N) is 1. The zero-order valence-corrected chi connectivity index (χ0v) is 10.2. The molecule has 3 nitrogen and oxygen atoms in total. The minimum Gasteiger partial charge on any atom is -0.326 e. The Morgan fingerprint density at radius 1 is 1.38 bits per heavy atom. The van der Waals surface area contributed by atoms with E-state index in [0.29, 0.717) is 6.54 Å². The van der Waals surface area contributed by atoms with Crippen LogP contribution >= 0.6 is 0 Å². The third kappa shape index (κ3) is 2.25. The highest BCUT2D eigenvalue weighted by Gasteiger charge is 2.14. The predicted molar refractivity (Wildman–Crippen MR) is 66.2 cm³/mol. The van der Waals surface area contributed by atoms with Crippen LogP contribution in [0.15, 0.2) is 24.5 Å². The van der Waals surface area contributed by atoms with E-state index < -0.39 is 0 Å². The van der Waals surface area contributed by atoms with Gasteiger partial charge in [-0.1, -0.05) is 20.8 Å². The van der Waals surface area contributed by atoms with Crippen LogP contribution in [0.4, 0.5) is 0 Å². The van der Waals surface area contributed by atoms with Gasteiger partial charge in [0.05, 0.1) is 11.7 Å². The fourth-order valence-corrected chi connectivity index (χ4v) is 1.83. The van der Waals surface area contributed by atoms with Gasteiger partial charge in [-0.15, -0.1) is 0 Å². The molecule has 0 saturated carbocycles. The zero-order chi connectivity index (χ0) is 11.8. The molecule has 2 aromatic heterocycles. The number of aromatic nitrogens is 2. The van der Waals surface area contributed by atoms with E-state index in [9.17, 15) is 0 Å². The average molecular weight is 217 g/mol. The Hall–Kier alpha value is -1.35. The van der Waals surface area contributed by atoms with Gasteiger partial charge in [0.2, 0.25) is 0 Å². The molecule has 0 spiro atoms. The predicted octanol–water partition coefficient (Wildman–Crippen LogP) is 2.38. The van der Waals surface area contributed by atoms with Crippen molar-refractivity contribution in [2.24, 2.45) is 11.1 Å². The van der Waals surface area contributed by atoms with Crippen LogP contribution in [-0.2, 0) is 13.0 Å². The second-order valence-corrected chi connectivity index (χ2v) is 5.45. The molecule has 0 unspecified atom stereocenters. The van der Waals surface area contributed by atoms with Gasteiger partial charge in [0.25, 0.3) is 0 Å². The lowest BCUT2D eigenvalue weighted by Gasteiger charge is -2.16. The fraction of sp³-hybridized carbons (Fsp3) is 0.462. The van der Waals surface area contributed by atoms with Crippen molar-refractivity contribution >= 4 is 5.52 Å². The smallest absolute Gasteiger partial charge is 0.113 e. The van der Waals surface area contributed by atoms with Gasteiger partial charge in [0.15, 0.2) is 0 Å². The average Bonchev–Trinajstić information content (AvgIpc) is 2.58. The molecule has 0 aromatic carbocycles. The molecule has 0 radical (unpaired) electrons. The van der Waals surface area contributed by atoms with Gasteiger partial charge in [-0.2, -0.15) is 0 Å². The van der Waals surface area contributed by atoms with Crippen LogP contribution in [0.1, 0.15) is 32.2 Å². The van der Waals surface area contributed by atoms with Crippen LogP contribution in [0, 0.1) is 5.41 Å². The summed E-state index contributed by atoms with van der Waals surface area (Å²) < 4.78 is 2.14. The lowest BCUT2D eigenvalue weighted by molar-refractivity contribution is 0.400. The first-order chi connectivity index (χ1) is 7.49. The van der Waals surface area contributed by atoms with Gasteiger partial charge >= 0.3 is 0 Å². The first kappa shape index (κ1) is 11.1. The second kappa shape index (κ2) is 3.91. The summed E-state index contributed by atoms with van der Waals surface area (Å²) in [6.45, 7) is 7.25. The van der Waals surface area contributed by atoms with E-state index in [1.165, 1.54) is 0 Å². The highest BCUT2D eigenvalue weighted by Crippen LogP contribution is 2.20. The van der Waals surface area contributed by atoms with E-state index in [1.807, 2.05) is 6.20 Å². The van der Waals surface area contributed by atoms with Crippen molar-refractivity contribution in [1.82, 2.24) is 9.38 Å². The molecule has 0 aliphatic rings. The Balaban J connectivity index is 2.42. The van der Waals surface area contributed by atoms with E-state index in [4.69, 9.17) is 5.73 Å². The first-order valence-corrected chi connectivity index (χ1v) is 5.64. The Kier molecular flexibility index (Phi) is 2.72. The lowest BCUT2D eigenvalue weighted by atomic mass is 9.92. The van der Waals surface area contributed by atoms with Crippen molar-refractivity contribution in [3.63, 3.8) is 0 Å². The molecule has 3 heteroatoms. The number of nitrogens with zero attached hydrogens (tertiary/aromatic N) is 2. The molecule has 0 aliphatic carbocycles. The number of rotatable bonds is 2. The lowest BCUT2D eigenvalue weighted by Crippen LogP contribution is -2.12. The summed E-state index contributed by atoms with van der Waals surface area (Å²) in [5.74, 6) is 1.12. The highest BCUT2D eigenvalue weighted by molar-refractivity contribution is 5.48. The third-order valence-corrected chi connectivity index (χ3v) is 2.60. The maximum Gasteiger partial charge on any atom is 0.113 e. The van der Waals surface area contributed by atoms with Crippen molar-refractivity contribution in [1.29, 1.82) is 0 Å². The Morgan fingerprint density at radius 3 is 2.75 bits per heavy atom. The van der Waals surface area contributed by atoms with Crippen LogP contribution in [0.2, 0.25) is 0 Å². The molecule has 86 valence electrons. The number of pyridine rings is 1. The normalized spacial score (nSPS) is 12.2. The van der Waals surface area contributed by atoms with Gasteiger partial charge in [0.1, 0.15) is 5.82 Å². The molecule has 16 heavy (non-hydrogen) atoms. The van der Waals surface area contributed by atoms with Crippen molar-refractivity contribution in [2.45, 2.75) is 33.7 Å². The molecule has 0 atom stereocenters. The van der Waals surface area contributed by atoms with Crippen LogP contribution < -0.4 is 5.73 Å². The number of imidazole rings is 1. The Labute approximate surface area is 96.3 Å². The summed E-state index contributed by atoms with van der Waals surface area (Å²) in [5.41, 5.74) is 8.15. The number of hydrogen-bond donors (Lipinski definition) is 1. The molecule has 2 rings (SSSR count). The largest absolute Gasteiger partial charge is 0.326 e. The van der Waals surface area contributed by atoms with Crippen LogP contribution in [-0.4, -0.2) is 9.38 Å². The van der Waals surface area contributed by atoms with Gasteiger partial charge in [-0.3, -0.25) is 0 Å². The SMILES string of the molecule is CC(C)(C)Cc1ncc2cc(CN)ccn12. The summed E-state index contributed by atoms with van der Waals surface area (Å²) in [6.07, 6.45) is 4.95. The third-order valence-electron chi connectivity index (χ3n) is 2.60. The summed E-state index contributed by atoms with van der Waals surface area (Å²) in [6, 6.07) is 4.15. The summed E-state index contributed by atoms with van der Waals surface area (Å²) in [7, 11) is 0. The van der Waals surface area contributed by atoms with Crippen LogP contribution in [0.25, 0.3) is 5.52 Å². The molecule has 0 bridgehead atoms. The second-order valence-electron chi connectivity index (χ2n) is 5.45. The summed E-state index contributed by atoms with van der Waals surface area (Å²) >= 11 is 0. The van der Waals surface area contributed by atoms with E-state index in [-0.39, 0.29) is 5.41 Å². The maximum absolute atomic E-state index is 5.62. The van der Waals surface area contributed by atoms with Crippen molar-refractivity contribution < 1.29 is 0 Å². The minimum absolute atomic E-state index is 0.258. The summed E-state index contributed by atoms with van der Waals surface area (Å²) in [4.78, 5) is 4.48. The van der Waals surface area contributed by atoms with Gasteiger partial charge in [-0.25, -0.2) is 4.98 Å². The van der Waals surface area contributed by atoms with Crippen molar-refractivity contribution in [3.05, 3.63) is 35.9 Å². The summed E-state index contributed by atoms with van der Waals surface area (Å²) in [5, 5.41) is 0. The highest BCUT2D eigenvalue weighted by atomic mass is 15.0. The monoisotopic (exact) mass is 217 g/mol. The molecule has 0 aliphatic heterocycles. The molecule has 0 amide bonds. The molecule has 2 N–H and O–H groups in total. The van der Waals surface area contributed by atoms with Crippen molar-refractivity contribution in [3.8, 4) is 0 Å².